The van der Waals surface area contributed by atoms with Gasteiger partial charge in [0, 0.05) is 14.1 Å². The van der Waals surface area contributed by atoms with E-state index < -0.39 is 11.8 Å². The van der Waals surface area contributed by atoms with Crippen molar-refractivity contribution in [1.29, 1.82) is 0 Å². The molecule has 1 aliphatic heterocycles. The van der Waals surface area contributed by atoms with Crippen LogP contribution < -0.4 is 0 Å². The lowest BCUT2D eigenvalue weighted by atomic mass is 10.3. The van der Waals surface area contributed by atoms with Crippen molar-refractivity contribution in [2.24, 2.45) is 0 Å². The smallest absolute Gasteiger partial charge is 0.286 e. The minimum Gasteiger partial charge on any atom is -0.296 e. The third-order valence-electron chi connectivity index (χ3n) is 1.58. The number of rotatable bonds is 0. The molecule has 1 rings (SSSR count). The first-order valence-electron chi connectivity index (χ1n) is 3.11. The standard InChI is InChI=1S/C6H6N2O2S2/c1-7-3(9)6(12)8(2)4(10)5(7)11/h1-2H3. The van der Waals surface area contributed by atoms with Crippen molar-refractivity contribution in [2.45, 2.75) is 0 Å². The van der Waals surface area contributed by atoms with Crippen molar-refractivity contribution in [1.82, 2.24) is 9.80 Å². The predicted molar refractivity (Wildman–Crippen MR) is 50.7 cm³/mol. The molecule has 0 aromatic rings. The Hall–Kier alpha value is -0.880. The van der Waals surface area contributed by atoms with E-state index in [-0.39, 0.29) is 9.98 Å². The zero-order chi connectivity index (χ0) is 9.46. The van der Waals surface area contributed by atoms with Gasteiger partial charge >= 0.3 is 0 Å². The molecule has 0 saturated carbocycles. The minimum absolute atomic E-state index is 0.0175. The normalized spacial score (nSPS) is 19.2. The fourth-order valence-electron chi connectivity index (χ4n) is 0.758. The lowest BCUT2D eigenvalue weighted by Crippen LogP contribution is -2.56. The highest BCUT2D eigenvalue weighted by atomic mass is 32.1. The first-order chi connectivity index (χ1) is 5.46. The molecule has 6 heteroatoms. The van der Waals surface area contributed by atoms with Crippen molar-refractivity contribution in [2.75, 3.05) is 14.1 Å². The molecule has 0 aliphatic carbocycles. The number of carbonyl (C=O) groups is 2. The molecule has 1 heterocycles. The number of carbonyl (C=O) groups excluding carboxylic acids is 2. The molecule has 0 radical (unpaired) electrons. The predicted octanol–water partition coefficient (Wildman–Crippen LogP) is -0.428. The van der Waals surface area contributed by atoms with Crippen LogP contribution in [0.25, 0.3) is 0 Å². The molecule has 2 amide bonds. The average Bonchev–Trinajstić information content (AvgIpc) is 2.08. The SMILES string of the molecule is CN1C(=O)C(=S)N(C)C(=O)C1=S. The summed E-state index contributed by atoms with van der Waals surface area (Å²) in [5.74, 6) is -0.811. The second-order valence-electron chi connectivity index (χ2n) is 2.34. The van der Waals surface area contributed by atoms with Crippen LogP contribution in [0.4, 0.5) is 0 Å². The van der Waals surface area contributed by atoms with Gasteiger partial charge in [-0.25, -0.2) is 0 Å². The summed E-state index contributed by atoms with van der Waals surface area (Å²) in [7, 11) is 2.86. The molecule has 0 bridgehead atoms. The second-order valence-corrected chi connectivity index (χ2v) is 3.11. The van der Waals surface area contributed by atoms with E-state index in [1.807, 2.05) is 0 Å². The molecule has 1 saturated heterocycles. The highest BCUT2D eigenvalue weighted by Gasteiger charge is 2.35. The van der Waals surface area contributed by atoms with Crippen molar-refractivity contribution in [3.63, 3.8) is 0 Å². The minimum atomic E-state index is -0.405. The van der Waals surface area contributed by atoms with Gasteiger partial charge in [-0.2, -0.15) is 0 Å². The molecule has 0 aromatic heterocycles. The van der Waals surface area contributed by atoms with Gasteiger partial charge in [-0.1, -0.05) is 24.4 Å². The van der Waals surface area contributed by atoms with Gasteiger partial charge in [0.15, 0.2) is 9.98 Å². The van der Waals surface area contributed by atoms with Crippen LogP contribution >= 0.6 is 24.4 Å². The lowest BCUT2D eigenvalue weighted by molar-refractivity contribution is -0.128. The first-order valence-corrected chi connectivity index (χ1v) is 3.92. The quantitative estimate of drug-likeness (QED) is 0.500. The molecular formula is C6H6N2O2S2. The van der Waals surface area contributed by atoms with E-state index in [1.165, 1.54) is 14.1 Å². The van der Waals surface area contributed by atoms with E-state index in [0.717, 1.165) is 9.80 Å². The molecule has 0 aromatic carbocycles. The molecule has 0 atom stereocenters. The number of piperazine rings is 1. The fraction of sp³-hybridized carbons (Fsp3) is 0.333. The van der Waals surface area contributed by atoms with Crippen LogP contribution in [0.15, 0.2) is 0 Å². The first kappa shape index (κ1) is 9.21. The number of hydrogen-bond acceptors (Lipinski definition) is 4. The van der Waals surface area contributed by atoms with Gasteiger partial charge in [0.25, 0.3) is 11.8 Å². The van der Waals surface area contributed by atoms with Gasteiger partial charge < -0.3 is 0 Å². The van der Waals surface area contributed by atoms with E-state index in [2.05, 4.69) is 0 Å². The largest absolute Gasteiger partial charge is 0.296 e. The van der Waals surface area contributed by atoms with Gasteiger partial charge in [0.1, 0.15) is 0 Å². The number of hydrogen-bond donors (Lipinski definition) is 0. The van der Waals surface area contributed by atoms with Gasteiger partial charge in [-0.3, -0.25) is 19.4 Å². The Morgan fingerprint density at radius 1 is 0.917 bits per heavy atom. The Balaban J connectivity index is 3.07. The lowest BCUT2D eigenvalue weighted by Gasteiger charge is -2.29. The molecule has 12 heavy (non-hydrogen) atoms. The van der Waals surface area contributed by atoms with Gasteiger partial charge in [0.05, 0.1) is 0 Å². The summed E-state index contributed by atoms with van der Waals surface area (Å²) >= 11 is 9.42. The summed E-state index contributed by atoms with van der Waals surface area (Å²) < 4.78 is 0. The van der Waals surface area contributed by atoms with Crippen LogP contribution in [0.3, 0.4) is 0 Å². The topological polar surface area (TPSA) is 40.6 Å². The fourth-order valence-corrected chi connectivity index (χ4v) is 1.20. The van der Waals surface area contributed by atoms with Gasteiger partial charge in [-0.05, 0) is 0 Å². The highest BCUT2D eigenvalue weighted by Crippen LogP contribution is 2.06. The van der Waals surface area contributed by atoms with Crippen LogP contribution in [0.2, 0.25) is 0 Å². The van der Waals surface area contributed by atoms with Crippen LogP contribution in [0, 0.1) is 0 Å². The molecule has 64 valence electrons. The molecule has 1 aliphatic rings. The molecule has 0 unspecified atom stereocenters. The van der Waals surface area contributed by atoms with E-state index in [0.29, 0.717) is 0 Å². The summed E-state index contributed by atoms with van der Waals surface area (Å²) in [6, 6.07) is 0. The molecule has 0 spiro atoms. The maximum Gasteiger partial charge on any atom is 0.286 e. The van der Waals surface area contributed by atoms with E-state index >= 15 is 0 Å². The highest BCUT2D eigenvalue weighted by molar-refractivity contribution is 7.83. The van der Waals surface area contributed by atoms with Crippen LogP contribution in [0.5, 0.6) is 0 Å². The Morgan fingerprint density at radius 3 is 1.42 bits per heavy atom. The maximum absolute atomic E-state index is 11.2. The third kappa shape index (κ3) is 1.12. The van der Waals surface area contributed by atoms with Crippen molar-refractivity contribution in [3.8, 4) is 0 Å². The Morgan fingerprint density at radius 2 is 1.17 bits per heavy atom. The summed E-state index contributed by atoms with van der Waals surface area (Å²) in [6.45, 7) is 0. The third-order valence-corrected chi connectivity index (χ3v) is 2.48. The Labute approximate surface area is 80.1 Å². The molecule has 4 nitrogen and oxygen atoms in total. The van der Waals surface area contributed by atoms with E-state index in [4.69, 9.17) is 24.4 Å². The number of thiocarbonyl (C=S) groups is 2. The number of likely N-dealkylation sites (N-methyl/N-ethyl adjacent to an activating group) is 2. The maximum atomic E-state index is 11.2. The van der Waals surface area contributed by atoms with Crippen molar-refractivity contribution in [3.05, 3.63) is 0 Å². The Bertz CT molecular complexity index is 242. The summed E-state index contributed by atoms with van der Waals surface area (Å²) in [6.07, 6.45) is 0. The van der Waals surface area contributed by atoms with Gasteiger partial charge in [-0.15, -0.1) is 0 Å². The summed E-state index contributed by atoms with van der Waals surface area (Å²) in [4.78, 5) is 24.5. The van der Waals surface area contributed by atoms with Crippen molar-refractivity contribution < 1.29 is 9.59 Å². The van der Waals surface area contributed by atoms with Crippen molar-refractivity contribution >= 4 is 46.2 Å². The summed E-state index contributed by atoms with van der Waals surface area (Å²) in [5, 5.41) is 0. The van der Waals surface area contributed by atoms with Crippen LogP contribution in [-0.2, 0) is 9.59 Å². The zero-order valence-corrected chi connectivity index (χ0v) is 8.16. The molecular weight excluding hydrogens is 196 g/mol. The van der Waals surface area contributed by atoms with Gasteiger partial charge in [0.2, 0.25) is 0 Å². The van der Waals surface area contributed by atoms with E-state index in [9.17, 15) is 9.59 Å². The number of amides is 2. The molecule has 1 fully saturated rings. The summed E-state index contributed by atoms with van der Waals surface area (Å²) in [5.41, 5.74) is 0. The monoisotopic (exact) mass is 202 g/mol. The zero-order valence-electron chi connectivity index (χ0n) is 6.53. The van der Waals surface area contributed by atoms with E-state index in [1.54, 1.807) is 0 Å². The van der Waals surface area contributed by atoms with Crippen LogP contribution in [0.1, 0.15) is 0 Å². The number of nitrogens with zero attached hydrogens (tertiary/aromatic N) is 2. The second kappa shape index (κ2) is 2.87. The Kier molecular flexibility index (Phi) is 2.20. The van der Waals surface area contributed by atoms with Crippen LogP contribution in [-0.4, -0.2) is 45.7 Å². The molecule has 0 N–H and O–H groups in total. The average molecular weight is 202 g/mol.